The number of rotatable bonds is 5. The van der Waals surface area contributed by atoms with Crippen molar-refractivity contribution in [1.29, 1.82) is 5.41 Å². The molecule has 162 valence electrons. The summed E-state index contributed by atoms with van der Waals surface area (Å²) in [5, 5.41) is 30.0. The van der Waals surface area contributed by atoms with Gasteiger partial charge in [0, 0.05) is 42.3 Å². The average molecular weight is 422 g/mol. The van der Waals surface area contributed by atoms with Crippen LogP contribution in [0.2, 0.25) is 0 Å². The first-order valence-corrected chi connectivity index (χ1v) is 10.5. The molecule has 2 bridgehead atoms. The molecule has 2 aromatic heterocycles. The Morgan fingerprint density at radius 2 is 2.39 bits per heavy atom. The monoisotopic (exact) mass is 422 g/mol. The fraction of sp³-hybridized carbons (Fsp3) is 0.500. The number of hydrogen-bond acceptors (Lipinski definition) is 8. The molecule has 3 fully saturated rings. The second-order valence-electron chi connectivity index (χ2n) is 8.45. The Hall–Kier alpha value is -2.93. The number of ether oxygens (including phenoxy) is 2. The Bertz CT molecular complexity index is 1020. The maximum atomic E-state index is 11.8. The van der Waals surface area contributed by atoms with Gasteiger partial charge in [0.1, 0.15) is 23.1 Å². The van der Waals surface area contributed by atoms with E-state index >= 15 is 0 Å². The van der Waals surface area contributed by atoms with Gasteiger partial charge in [0.2, 0.25) is 0 Å². The Labute approximate surface area is 180 Å². The van der Waals surface area contributed by atoms with Gasteiger partial charge in [-0.25, -0.2) is 4.98 Å². The minimum absolute atomic E-state index is 0.0110. The predicted octanol–water partition coefficient (Wildman–Crippen LogP) is 1.77. The fourth-order valence-corrected chi connectivity index (χ4v) is 4.95. The van der Waals surface area contributed by atoms with Crippen molar-refractivity contribution in [3.63, 3.8) is 0 Å². The first-order chi connectivity index (χ1) is 15.0. The normalized spacial score (nSPS) is 32.1. The number of morpholine rings is 1. The Kier molecular flexibility index (Phi) is 4.93. The van der Waals surface area contributed by atoms with Crippen molar-refractivity contribution in [2.45, 2.75) is 43.6 Å². The minimum Gasteiger partial charge on any atom is -0.382 e. The fourth-order valence-electron chi connectivity index (χ4n) is 4.95. The van der Waals surface area contributed by atoms with Crippen molar-refractivity contribution in [3.8, 4) is 12.3 Å². The van der Waals surface area contributed by atoms with Crippen LogP contribution in [-0.4, -0.2) is 64.5 Å². The van der Waals surface area contributed by atoms with Gasteiger partial charge in [0.05, 0.1) is 37.7 Å². The van der Waals surface area contributed by atoms with Crippen molar-refractivity contribution < 1.29 is 14.6 Å². The topological polar surface area (TPSA) is 119 Å². The summed E-state index contributed by atoms with van der Waals surface area (Å²) in [4.78, 5) is 6.99. The highest BCUT2D eigenvalue weighted by molar-refractivity contribution is 5.89. The second kappa shape index (κ2) is 7.64. The number of terminal acetylenes is 1. The standard InChI is InChI=1S/C22H26N6O3/c1-3-14-8-18-22(29,10-17(14)31-18)16-9-20(28-6-7-30-12-13(28)2)26-21(15(16)11-23)25-19-4-5-24-27-19/h1,4-5,9,11,13-14,17-18,23,29H,6-8,10,12H2,2H3,(H2,24,25,26,27)/t13-,14?,17?,18?,22?/m1/s1. The van der Waals surface area contributed by atoms with Gasteiger partial charge < -0.3 is 30.2 Å². The molecule has 2 aromatic rings. The third-order valence-corrected chi connectivity index (χ3v) is 6.59. The van der Waals surface area contributed by atoms with E-state index in [-0.39, 0.29) is 18.1 Å². The highest BCUT2D eigenvalue weighted by atomic mass is 16.5. The number of hydrogen-bond donors (Lipinski definition) is 4. The molecule has 9 heteroatoms. The van der Waals surface area contributed by atoms with Gasteiger partial charge in [-0.15, -0.1) is 12.3 Å². The quantitative estimate of drug-likeness (QED) is 0.428. The summed E-state index contributed by atoms with van der Waals surface area (Å²) in [6.07, 6.45) is 8.93. The van der Waals surface area contributed by atoms with E-state index in [1.165, 1.54) is 6.21 Å². The van der Waals surface area contributed by atoms with Crippen LogP contribution < -0.4 is 10.2 Å². The molecule has 0 amide bonds. The Balaban J connectivity index is 1.61. The summed E-state index contributed by atoms with van der Waals surface area (Å²) in [5.74, 6) is 4.65. The summed E-state index contributed by atoms with van der Waals surface area (Å²) < 4.78 is 11.6. The van der Waals surface area contributed by atoms with Crippen LogP contribution in [-0.2, 0) is 15.1 Å². The lowest BCUT2D eigenvalue weighted by molar-refractivity contribution is -0.0340. The van der Waals surface area contributed by atoms with Gasteiger partial charge in [0.15, 0.2) is 0 Å². The van der Waals surface area contributed by atoms with E-state index in [0.717, 1.165) is 5.82 Å². The number of anilines is 3. The van der Waals surface area contributed by atoms with Crippen LogP contribution in [0.4, 0.5) is 17.5 Å². The average Bonchev–Trinajstić information content (AvgIpc) is 3.50. The van der Waals surface area contributed by atoms with Crippen LogP contribution in [0, 0.1) is 23.7 Å². The van der Waals surface area contributed by atoms with E-state index in [1.54, 1.807) is 12.3 Å². The van der Waals surface area contributed by atoms with Crippen LogP contribution >= 0.6 is 0 Å². The van der Waals surface area contributed by atoms with Gasteiger partial charge in [-0.05, 0) is 19.4 Å². The molecule has 4 unspecified atom stereocenters. The van der Waals surface area contributed by atoms with Crippen LogP contribution in [0.3, 0.4) is 0 Å². The lowest BCUT2D eigenvalue weighted by Gasteiger charge is -2.37. The predicted molar refractivity (Wildman–Crippen MR) is 116 cm³/mol. The molecule has 0 radical (unpaired) electrons. The van der Waals surface area contributed by atoms with E-state index in [1.807, 2.05) is 6.07 Å². The maximum Gasteiger partial charge on any atom is 0.143 e. The zero-order valence-corrected chi connectivity index (χ0v) is 17.3. The van der Waals surface area contributed by atoms with Crippen molar-refractivity contribution in [2.75, 3.05) is 30.0 Å². The van der Waals surface area contributed by atoms with Crippen molar-refractivity contribution in [2.24, 2.45) is 5.92 Å². The minimum atomic E-state index is -1.23. The number of nitrogens with one attached hydrogen (secondary N) is 3. The molecule has 4 N–H and O–H groups in total. The third kappa shape index (κ3) is 3.28. The zero-order valence-electron chi connectivity index (χ0n) is 17.3. The maximum absolute atomic E-state index is 11.8. The molecule has 3 saturated heterocycles. The van der Waals surface area contributed by atoms with E-state index in [9.17, 15) is 5.11 Å². The van der Waals surface area contributed by atoms with Crippen LogP contribution in [0.25, 0.3) is 0 Å². The number of aromatic amines is 1. The second-order valence-corrected chi connectivity index (χ2v) is 8.45. The molecule has 0 aromatic carbocycles. The highest BCUT2D eigenvalue weighted by Gasteiger charge is 2.57. The number of H-pyrrole nitrogens is 1. The van der Waals surface area contributed by atoms with Crippen molar-refractivity contribution in [1.82, 2.24) is 15.2 Å². The summed E-state index contributed by atoms with van der Waals surface area (Å²) in [6.45, 7) is 3.99. The van der Waals surface area contributed by atoms with Crippen molar-refractivity contribution >= 4 is 23.7 Å². The number of nitrogens with zero attached hydrogens (tertiary/aromatic N) is 3. The summed E-state index contributed by atoms with van der Waals surface area (Å²) in [6, 6.07) is 3.82. The van der Waals surface area contributed by atoms with E-state index in [2.05, 4.69) is 33.3 Å². The molecule has 3 aliphatic heterocycles. The van der Waals surface area contributed by atoms with Gasteiger partial charge >= 0.3 is 0 Å². The molecule has 3 aliphatic rings. The van der Waals surface area contributed by atoms with Gasteiger partial charge in [-0.3, -0.25) is 5.10 Å². The SMILES string of the molecule is C#CC1CC2OC1CC2(O)c1cc(N2CCOC[C@H]2C)nc(Nc2ccn[nH]2)c1C=N. The summed E-state index contributed by atoms with van der Waals surface area (Å²) in [7, 11) is 0. The molecule has 0 saturated carbocycles. The molecule has 31 heavy (non-hydrogen) atoms. The first kappa shape index (κ1) is 20.0. The molecule has 5 rings (SSSR count). The van der Waals surface area contributed by atoms with Gasteiger partial charge in [-0.2, -0.15) is 5.10 Å². The Morgan fingerprint density at radius 1 is 1.52 bits per heavy atom. The largest absolute Gasteiger partial charge is 0.382 e. The molecular formula is C22H26N6O3. The molecule has 0 aliphatic carbocycles. The molecule has 9 nitrogen and oxygen atoms in total. The highest BCUT2D eigenvalue weighted by Crippen LogP contribution is 2.51. The first-order valence-electron chi connectivity index (χ1n) is 10.5. The Morgan fingerprint density at radius 3 is 3.03 bits per heavy atom. The van der Waals surface area contributed by atoms with Gasteiger partial charge in [-0.1, -0.05) is 0 Å². The molecular weight excluding hydrogens is 396 g/mol. The molecule has 0 spiro atoms. The summed E-state index contributed by atoms with van der Waals surface area (Å²) >= 11 is 0. The van der Waals surface area contributed by atoms with Gasteiger partial charge in [0.25, 0.3) is 0 Å². The molecule has 5 heterocycles. The van der Waals surface area contributed by atoms with Crippen LogP contribution in [0.5, 0.6) is 0 Å². The van der Waals surface area contributed by atoms with E-state index in [0.29, 0.717) is 55.4 Å². The number of fused-ring (bicyclic) bond motifs is 2. The number of aromatic nitrogens is 3. The van der Waals surface area contributed by atoms with Crippen LogP contribution in [0.15, 0.2) is 18.3 Å². The third-order valence-electron chi connectivity index (χ3n) is 6.59. The summed E-state index contributed by atoms with van der Waals surface area (Å²) in [5.41, 5.74) is -0.0749. The van der Waals surface area contributed by atoms with Crippen molar-refractivity contribution in [3.05, 3.63) is 29.5 Å². The van der Waals surface area contributed by atoms with E-state index in [4.69, 9.17) is 26.3 Å². The lowest BCUT2D eigenvalue weighted by Crippen LogP contribution is -2.45. The number of pyridine rings is 1. The van der Waals surface area contributed by atoms with E-state index < -0.39 is 11.7 Å². The molecule has 5 atom stereocenters. The van der Waals surface area contributed by atoms with Crippen LogP contribution in [0.1, 0.15) is 30.9 Å². The lowest BCUT2D eigenvalue weighted by atomic mass is 9.74. The zero-order chi connectivity index (χ0) is 21.6. The smallest absolute Gasteiger partial charge is 0.143 e. The number of aliphatic hydroxyl groups is 1.